The van der Waals surface area contributed by atoms with Crippen LogP contribution in [0.2, 0.25) is 0 Å². The Hall–Kier alpha value is -0.500. The summed E-state index contributed by atoms with van der Waals surface area (Å²) in [5.41, 5.74) is 1.16. The molecule has 1 rings (SSSR count). The van der Waals surface area contributed by atoms with E-state index in [1.807, 2.05) is 0 Å². The Morgan fingerprint density at radius 2 is 2.27 bits per heavy atom. The lowest BCUT2D eigenvalue weighted by atomic mass is 10.3. The Labute approximate surface area is 68.8 Å². The molecule has 1 unspecified atom stereocenters. The highest BCUT2D eigenvalue weighted by Crippen LogP contribution is 2.09. The van der Waals surface area contributed by atoms with Crippen molar-refractivity contribution in [1.29, 1.82) is 0 Å². The highest BCUT2D eigenvalue weighted by atomic mass is 16.5. The van der Waals surface area contributed by atoms with E-state index in [1.165, 1.54) is 0 Å². The standard InChI is InChI=1S/C9H17NO/c1-8(2)10-5-4-9(3)11-7-6-10/h9H,1,4-7H2,2-3H3. The molecular weight excluding hydrogens is 138 g/mol. The van der Waals surface area contributed by atoms with Gasteiger partial charge in [-0.15, -0.1) is 0 Å². The topological polar surface area (TPSA) is 12.5 Å². The lowest BCUT2D eigenvalue weighted by Crippen LogP contribution is -2.23. The summed E-state index contributed by atoms with van der Waals surface area (Å²) in [6, 6.07) is 0. The van der Waals surface area contributed by atoms with Gasteiger partial charge in [0.15, 0.2) is 0 Å². The minimum atomic E-state index is 0.416. The molecule has 0 aromatic rings. The van der Waals surface area contributed by atoms with Gasteiger partial charge in [0.25, 0.3) is 0 Å². The van der Waals surface area contributed by atoms with Gasteiger partial charge in [-0.05, 0) is 20.3 Å². The third-order valence-electron chi connectivity index (χ3n) is 2.11. The van der Waals surface area contributed by atoms with Crippen LogP contribution in [-0.4, -0.2) is 30.7 Å². The van der Waals surface area contributed by atoms with Crippen LogP contribution in [0.5, 0.6) is 0 Å². The molecule has 1 aliphatic rings. The van der Waals surface area contributed by atoms with Crippen molar-refractivity contribution in [3.63, 3.8) is 0 Å². The highest BCUT2D eigenvalue weighted by Gasteiger charge is 2.12. The molecule has 1 atom stereocenters. The maximum Gasteiger partial charge on any atom is 0.0645 e. The molecule has 0 N–H and O–H groups in total. The van der Waals surface area contributed by atoms with E-state index >= 15 is 0 Å². The SMILES string of the molecule is C=C(C)N1CCOC(C)CC1. The van der Waals surface area contributed by atoms with Gasteiger partial charge in [-0.3, -0.25) is 0 Å². The van der Waals surface area contributed by atoms with Crippen LogP contribution in [0.15, 0.2) is 12.3 Å². The molecule has 11 heavy (non-hydrogen) atoms. The van der Waals surface area contributed by atoms with E-state index in [1.54, 1.807) is 0 Å². The molecule has 0 radical (unpaired) electrons. The summed E-state index contributed by atoms with van der Waals surface area (Å²) in [4.78, 5) is 2.28. The zero-order valence-corrected chi connectivity index (χ0v) is 7.47. The van der Waals surface area contributed by atoms with E-state index in [4.69, 9.17) is 4.74 Å². The normalized spacial score (nSPS) is 26.4. The molecule has 0 aromatic carbocycles. The molecule has 0 saturated carbocycles. The minimum absolute atomic E-state index is 0.416. The van der Waals surface area contributed by atoms with Gasteiger partial charge >= 0.3 is 0 Å². The van der Waals surface area contributed by atoms with Crippen molar-refractivity contribution < 1.29 is 4.74 Å². The number of allylic oxidation sites excluding steroid dienone is 1. The van der Waals surface area contributed by atoms with Gasteiger partial charge < -0.3 is 9.64 Å². The molecule has 0 aliphatic carbocycles. The fourth-order valence-electron chi connectivity index (χ4n) is 1.28. The Balaban J connectivity index is 2.40. The summed E-state index contributed by atoms with van der Waals surface area (Å²) in [6.07, 6.45) is 1.53. The van der Waals surface area contributed by atoms with Crippen molar-refractivity contribution in [1.82, 2.24) is 4.90 Å². The van der Waals surface area contributed by atoms with Gasteiger partial charge in [0.1, 0.15) is 0 Å². The number of ether oxygens (including phenoxy) is 1. The summed E-state index contributed by atoms with van der Waals surface area (Å²) >= 11 is 0. The fourth-order valence-corrected chi connectivity index (χ4v) is 1.28. The molecule has 1 saturated heterocycles. The average molecular weight is 155 g/mol. The largest absolute Gasteiger partial charge is 0.377 e. The zero-order chi connectivity index (χ0) is 8.27. The molecule has 1 heterocycles. The van der Waals surface area contributed by atoms with Crippen molar-refractivity contribution in [2.45, 2.75) is 26.4 Å². The Morgan fingerprint density at radius 3 is 2.91 bits per heavy atom. The van der Waals surface area contributed by atoms with E-state index in [9.17, 15) is 0 Å². The Morgan fingerprint density at radius 1 is 1.55 bits per heavy atom. The molecule has 64 valence electrons. The Kier molecular flexibility index (Phi) is 2.94. The van der Waals surface area contributed by atoms with Crippen LogP contribution in [0.4, 0.5) is 0 Å². The summed E-state index contributed by atoms with van der Waals surface area (Å²) < 4.78 is 5.50. The zero-order valence-electron chi connectivity index (χ0n) is 7.47. The number of rotatable bonds is 1. The van der Waals surface area contributed by atoms with Crippen molar-refractivity contribution in [3.05, 3.63) is 12.3 Å². The summed E-state index contributed by atoms with van der Waals surface area (Å²) in [5, 5.41) is 0. The van der Waals surface area contributed by atoms with Crippen molar-refractivity contribution in [2.24, 2.45) is 0 Å². The summed E-state index contributed by atoms with van der Waals surface area (Å²) in [7, 11) is 0. The van der Waals surface area contributed by atoms with Crippen molar-refractivity contribution in [2.75, 3.05) is 19.7 Å². The number of nitrogens with zero attached hydrogens (tertiary/aromatic N) is 1. The molecule has 1 fully saturated rings. The number of hydrogen-bond donors (Lipinski definition) is 0. The van der Waals surface area contributed by atoms with Gasteiger partial charge in [-0.1, -0.05) is 6.58 Å². The van der Waals surface area contributed by atoms with E-state index in [0.717, 1.165) is 31.8 Å². The van der Waals surface area contributed by atoms with Crippen LogP contribution in [0.1, 0.15) is 20.3 Å². The average Bonchev–Trinajstić information content (AvgIpc) is 2.13. The van der Waals surface area contributed by atoms with Crippen molar-refractivity contribution in [3.8, 4) is 0 Å². The smallest absolute Gasteiger partial charge is 0.0645 e. The monoisotopic (exact) mass is 155 g/mol. The molecule has 0 aromatic heterocycles. The maximum atomic E-state index is 5.50. The van der Waals surface area contributed by atoms with Gasteiger partial charge in [0.2, 0.25) is 0 Å². The van der Waals surface area contributed by atoms with Gasteiger partial charge in [-0.25, -0.2) is 0 Å². The first-order chi connectivity index (χ1) is 5.20. The third kappa shape index (κ3) is 2.54. The van der Waals surface area contributed by atoms with E-state index in [2.05, 4.69) is 25.3 Å². The van der Waals surface area contributed by atoms with Crippen LogP contribution in [0.25, 0.3) is 0 Å². The second kappa shape index (κ2) is 3.77. The minimum Gasteiger partial charge on any atom is -0.377 e. The molecule has 0 amide bonds. The van der Waals surface area contributed by atoms with Crippen molar-refractivity contribution >= 4 is 0 Å². The van der Waals surface area contributed by atoms with Gasteiger partial charge in [0, 0.05) is 18.8 Å². The van der Waals surface area contributed by atoms with E-state index < -0.39 is 0 Å². The molecule has 0 spiro atoms. The third-order valence-corrected chi connectivity index (χ3v) is 2.11. The summed E-state index contributed by atoms with van der Waals surface area (Å²) in [5.74, 6) is 0. The van der Waals surface area contributed by atoms with E-state index in [-0.39, 0.29) is 0 Å². The second-order valence-corrected chi connectivity index (χ2v) is 3.19. The van der Waals surface area contributed by atoms with Crippen LogP contribution >= 0.6 is 0 Å². The fraction of sp³-hybridized carbons (Fsp3) is 0.778. The summed E-state index contributed by atoms with van der Waals surface area (Å²) in [6.45, 7) is 11.0. The van der Waals surface area contributed by atoms with E-state index in [0.29, 0.717) is 6.10 Å². The quantitative estimate of drug-likeness (QED) is 0.570. The first kappa shape index (κ1) is 8.60. The lowest BCUT2D eigenvalue weighted by molar-refractivity contribution is 0.0761. The van der Waals surface area contributed by atoms with Gasteiger partial charge in [-0.2, -0.15) is 0 Å². The molecular formula is C9H17NO. The molecule has 2 nitrogen and oxygen atoms in total. The van der Waals surface area contributed by atoms with Crippen LogP contribution in [0.3, 0.4) is 0 Å². The molecule has 2 heteroatoms. The van der Waals surface area contributed by atoms with Crippen LogP contribution in [-0.2, 0) is 4.74 Å². The maximum absolute atomic E-state index is 5.50. The van der Waals surface area contributed by atoms with Crippen LogP contribution < -0.4 is 0 Å². The predicted octanol–water partition coefficient (Wildman–Crippen LogP) is 1.63. The predicted molar refractivity (Wildman–Crippen MR) is 46.4 cm³/mol. The van der Waals surface area contributed by atoms with Crippen LogP contribution in [0, 0.1) is 0 Å². The molecule has 0 bridgehead atoms. The highest BCUT2D eigenvalue weighted by molar-refractivity contribution is 4.89. The Bertz CT molecular complexity index is 144. The molecule has 1 aliphatic heterocycles. The van der Waals surface area contributed by atoms with Gasteiger partial charge in [0.05, 0.1) is 12.7 Å². The number of hydrogen-bond acceptors (Lipinski definition) is 2. The first-order valence-corrected chi connectivity index (χ1v) is 4.22. The first-order valence-electron chi connectivity index (χ1n) is 4.22. The second-order valence-electron chi connectivity index (χ2n) is 3.19. The lowest BCUT2D eigenvalue weighted by Gasteiger charge is -2.21.